The smallest absolute Gasteiger partial charge is 0.193 e. The third kappa shape index (κ3) is 8.88. The normalized spacial score (nSPS) is 22.3. The molecule has 0 aliphatic carbocycles. The monoisotopic (exact) mass is 468 g/mol. The second-order valence-electron chi connectivity index (χ2n) is 7.31. The van der Waals surface area contributed by atoms with Gasteiger partial charge in [-0.3, -0.25) is 9.89 Å². The Morgan fingerprint density at radius 2 is 2.04 bits per heavy atom. The second kappa shape index (κ2) is 13.1. The molecule has 148 valence electrons. The Morgan fingerprint density at radius 3 is 2.64 bits per heavy atom. The highest BCUT2D eigenvalue weighted by Crippen LogP contribution is 2.12. The molecular weight excluding hydrogens is 431 g/mol. The van der Waals surface area contributed by atoms with E-state index in [1.807, 2.05) is 7.05 Å². The van der Waals surface area contributed by atoms with Gasteiger partial charge in [0.15, 0.2) is 5.96 Å². The summed E-state index contributed by atoms with van der Waals surface area (Å²) in [6.07, 6.45) is 2.16. The number of ether oxygens (including phenoxy) is 2. The summed E-state index contributed by atoms with van der Waals surface area (Å²) < 4.78 is 11.1. The molecule has 2 saturated heterocycles. The lowest BCUT2D eigenvalue weighted by Crippen LogP contribution is -2.53. The van der Waals surface area contributed by atoms with Gasteiger partial charge in [0.05, 0.1) is 13.2 Å². The van der Waals surface area contributed by atoms with Gasteiger partial charge in [-0.05, 0) is 18.8 Å². The maximum Gasteiger partial charge on any atom is 0.193 e. The predicted octanol–water partition coefficient (Wildman–Crippen LogP) is 1.90. The highest BCUT2D eigenvalue weighted by atomic mass is 127. The van der Waals surface area contributed by atoms with Gasteiger partial charge < -0.3 is 19.7 Å². The average molecular weight is 468 g/mol. The van der Waals surface area contributed by atoms with Crippen LogP contribution in [0.5, 0.6) is 0 Å². The van der Waals surface area contributed by atoms with Crippen LogP contribution in [0.25, 0.3) is 0 Å². The van der Waals surface area contributed by atoms with E-state index < -0.39 is 0 Å². The lowest BCUT2D eigenvalue weighted by molar-refractivity contribution is 0.0886. The molecule has 2 fully saturated rings. The summed E-state index contributed by atoms with van der Waals surface area (Å²) in [5.74, 6) is 2.38. The van der Waals surface area contributed by atoms with Crippen LogP contribution < -0.4 is 5.32 Å². The van der Waals surface area contributed by atoms with E-state index in [-0.39, 0.29) is 24.0 Å². The Kier molecular flexibility index (Phi) is 12.0. The van der Waals surface area contributed by atoms with Crippen LogP contribution >= 0.6 is 24.0 Å². The second-order valence-corrected chi connectivity index (χ2v) is 7.31. The highest BCUT2D eigenvalue weighted by molar-refractivity contribution is 14.0. The van der Waals surface area contributed by atoms with Gasteiger partial charge in [0.25, 0.3) is 0 Å². The first-order valence-electron chi connectivity index (χ1n) is 9.52. The van der Waals surface area contributed by atoms with Gasteiger partial charge in [0, 0.05) is 65.4 Å². The van der Waals surface area contributed by atoms with Gasteiger partial charge in [-0.1, -0.05) is 13.8 Å². The molecule has 0 amide bonds. The summed E-state index contributed by atoms with van der Waals surface area (Å²) in [5.41, 5.74) is 0. The zero-order valence-corrected chi connectivity index (χ0v) is 18.5. The van der Waals surface area contributed by atoms with Crippen LogP contribution in [-0.2, 0) is 9.47 Å². The summed E-state index contributed by atoms with van der Waals surface area (Å²) in [6.45, 7) is 14.5. The molecule has 2 aliphatic heterocycles. The molecule has 2 aliphatic rings. The van der Waals surface area contributed by atoms with Crippen molar-refractivity contribution < 1.29 is 9.47 Å². The minimum Gasteiger partial charge on any atom is -0.381 e. The molecule has 0 bridgehead atoms. The molecule has 0 aromatic carbocycles. The van der Waals surface area contributed by atoms with E-state index in [1.54, 1.807) is 0 Å². The van der Waals surface area contributed by atoms with Gasteiger partial charge in [-0.2, -0.15) is 0 Å². The molecule has 2 heterocycles. The van der Waals surface area contributed by atoms with Crippen LogP contribution in [-0.4, -0.2) is 88.5 Å². The molecule has 6 nitrogen and oxygen atoms in total. The largest absolute Gasteiger partial charge is 0.381 e. The molecule has 0 spiro atoms. The summed E-state index contributed by atoms with van der Waals surface area (Å²) >= 11 is 0. The van der Waals surface area contributed by atoms with Crippen molar-refractivity contribution in [1.82, 2.24) is 15.1 Å². The van der Waals surface area contributed by atoms with Crippen molar-refractivity contribution in [3.05, 3.63) is 0 Å². The third-order valence-corrected chi connectivity index (χ3v) is 4.63. The Balaban J connectivity index is 0.00000312. The third-order valence-electron chi connectivity index (χ3n) is 4.63. The number of rotatable bonds is 8. The molecular formula is C18H37IN4O2. The van der Waals surface area contributed by atoms with Crippen LogP contribution in [0.3, 0.4) is 0 Å². The molecule has 0 saturated carbocycles. The van der Waals surface area contributed by atoms with Gasteiger partial charge in [-0.25, -0.2) is 0 Å². The summed E-state index contributed by atoms with van der Waals surface area (Å²) in [6, 6.07) is 0. The number of aliphatic imine (C=N–C) groups is 1. The van der Waals surface area contributed by atoms with E-state index in [4.69, 9.17) is 9.47 Å². The van der Waals surface area contributed by atoms with E-state index in [0.29, 0.717) is 5.92 Å². The van der Waals surface area contributed by atoms with Crippen molar-refractivity contribution in [2.75, 3.05) is 72.7 Å². The first-order valence-corrected chi connectivity index (χ1v) is 9.52. The molecule has 0 aromatic rings. The number of hydrogen-bond acceptors (Lipinski definition) is 4. The Labute approximate surface area is 170 Å². The molecule has 1 unspecified atom stereocenters. The van der Waals surface area contributed by atoms with Crippen LogP contribution in [0.15, 0.2) is 4.99 Å². The quantitative estimate of drug-likeness (QED) is 0.255. The molecule has 7 heteroatoms. The van der Waals surface area contributed by atoms with Gasteiger partial charge in [0.2, 0.25) is 0 Å². The van der Waals surface area contributed by atoms with Crippen molar-refractivity contribution >= 4 is 29.9 Å². The highest BCUT2D eigenvalue weighted by Gasteiger charge is 2.19. The molecule has 1 N–H and O–H groups in total. The number of hydrogen-bond donors (Lipinski definition) is 1. The summed E-state index contributed by atoms with van der Waals surface area (Å²) in [7, 11) is 1.87. The predicted molar refractivity (Wildman–Crippen MR) is 114 cm³/mol. The SMILES string of the molecule is CN=C(NCCCOCC1CCOC1)N1CCN(CC(C)C)CC1.I. The van der Waals surface area contributed by atoms with Crippen molar-refractivity contribution in [2.24, 2.45) is 16.8 Å². The van der Waals surface area contributed by atoms with Gasteiger partial charge in [0.1, 0.15) is 0 Å². The average Bonchev–Trinajstić information content (AvgIpc) is 3.08. The van der Waals surface area contributed by atoms with Crippen LogP contribution in [0.1, 0.15) is 26.7 Å². The van der Waals surface area contributed by atoms with Gasteiger partial charge >= 0.3 is 0 Å². The van der Waals surface area contributed by atoms with Crippen LogP contribution in [0, 0.1) is 11.8 Å². The Hall–Kier alpha value is -0.120. The number of nitrogens with zero attached hydrogens (tertiary/aromatic N) is 3. The number of guanidine groups is 1. The van der Waals surface area contributed by atoms with E-state index in [1.165, 1.54) is 6.54 Å². The van der Waals surface area contributed by atoms with E-state index in [9.17, 15) is 0 Å². The standard InChI is InChI=1S/C18H36N4O2.HI/c1-16(2)13-21-7-9-22(10-8-21)18(19-3)20-6-4-11-23-14-17-5-12-24-15-17;/h16-17H,4-15H2,1-3H3,(H,19,20);1H. The first-order chi connectivity index (χ1) is 11.7. The fraction of sp³-hybridized carbons (Fsp3) is 0.944. The lowest BCUT2D eigenvalue weighted by Gasteiger charge is -2.37. The summed E-state index contributed by atoms with van der Waals surface area (Å²) in [4.78, 5) is 9.35. The van der Waals surface area contributed by atoms with Crippen molar-refractivity contribution in [3.63, 3.8) is 0 Å². The summed E-state index contributed by atoms with van der Waals surface area (Å²) in [5, 5.41) is 3.48. The zero-order valence-electron chi connectivity index (χ0n) is 16.2. The first kappa shape index (κ1) is 22.9. The fourth-order valence-electron chi connectivity index (χ4n) is 3.33. The van der Waals surface area contributed by atoms with Crippen molar-refractivity contribution in [3.8, 4) is 0 Å². The van der Waals surface area contributed by atoms with E-state index >= 15 is 0 Å². The minimum atomic E-state index is 0. The maximum atomic E-state index is 5.75. The van der Waals surface area contributed by atoms with Crippen LogP contribution in [0.4, 0.5) is 0 Å². The lowest BCUT2D eigenvalue weighted by atomic mass is 10.1. The number of piperazine rings is 1. The van der Waals surface area contributed by atoms with Gasteiger partial charge in [-0.15, -0.1) is 24.0 Å². The van der Waals surface area contributed by atoms with E-state index in [2.05, 4.69) is 34.0 Å². The molecule has 0 aromatic heterocycles. The maximum absolute atomic E-state index is 5.75. The minimum absolute atomic E-state index is 0. The van der Waals surface area contributed by atoms with Crippen molar-refractivity contribution in [1.29, 1.82) is 0 Å². The number of nitrogens with one attached hydrogen (secondary N) is 1. The molecule has 2 rings (SSSR count). The zero-order chi connectivity index (χ0) is 17.2. The fourth-order valence-corrected chi connectivity index (χ4v) is 3.33. The molecule has 0 radical (unpaired) electrons. The molecule has 1 atom stereocenters. The van der Waals surface area contributed by atoms with Crippen molar-refractivity contribution in [2.45, 2.75) is 26.7 Å². The number of halogens is 1. The Bertz CT molecular complexity index is 368. The topological polar surface area (TPSA) is 49.3 Å². The Morgan fingerprint density at radius 1 is 1.28 bits per heavy atom. The molecule has 25 heavy (non-hydrogen) atoms. The van der Waals surface area contributed by atoms with Crippen LogP contribution in [0.2, 0.25) is 0 Å². The van der Waals surface area contributed by atoms with E-state index in [0.717, 1.165) is 83.9 Å².